The Balaban J connectivity index is 1.84. The number of fused-ring (bicyclic) bond motifs is 1. The number of ether oxygens (including phenoxy) is 1. The predicted molar refractivity (Wildman–Crippen MR) is 80.2 cm³/mol. The number of rotatable bonds is 3. The number of hydrogen-bond donors (Lipinski definition) is 1. The van der Waals surface area contributed by atoms with E-state index in [-0.39, 0.29) is 5.91 Å². The van der Waals surface area contributed by atoms with Gasteiger partial charge in [0.15, 0.2) is 0 Å². The van der Waals surface area contributed by atoms with E-state index in [4.69, 9.17) is 4.74 Å². The molecule has 1 aliphatic rings. The number of nitrogens with one attached hydrogen (secondary N) is 1. The first-order valence-electron chi connectivity index (χ1n) is 7.12. The van der Waals surface area contributed by atoms with Crippen molar-refractivity contribution < 1.29 is 14.3 Å². The molecule has 0 saturated carbocycles. The van der Waals surface area contributed by atoms with E-state index in [9.17, 15) is 9.59 Å². The molecule has 0 saturated heterocycles. The monoisotopic (exact) mass is 290 g/mol. The van der Waals surface area contributed by atoms with E-state index in [0.717, 1.165) is 16.7 Å². The minimum absolute atomic E-state index is 0.0241. The van der Waals surface area contributed by atoms with Crippen LogP contribution in [0.5, 0.6) is 0 Å². The average molecular weight is 290 g/mol. The molecule has 0 aliphatic carbocycles. The molecule has 0 bridgehead atoms. The van der Waals surface area contributed by atoms with Crippen LogP contribution < -0.4 is 5.32 Å². The quantitative estimate of drug-likeness (QED) is 0.930. The highest BCUT2D eigenvalue weighted by Gasteiger charge is 2.26. The van der Waals surface area contributed by atoms with Gasteiger partial charge in [0, 0.05) is 25.2 Å². The fourth-order valence-corrected chi connectivity index (χ4v) is 2.30. The second-order valence-electron chi connectivity index (χ2n) is 6.32. The molecule has 0 fully saturated rings. The maximum Gasteiger partial charge on any atom is 0.407 e. The predicted octanol–water partition coefficient (Wildman–Crippen LogP) is 2.48. The molecule has 1 aliphatic heterocycles. The Kier molecular flexibility index (Phi) is 4.21. The van der Waals surface area contributed by atoms with Crippen LogP contribution in [-0.2, 0) is 11.3 Å². The van der Waals surface area contributed by atoms with Crippen LogP contribution in [0.3, 0.4) is 0 Å². The van der Waals surface area contributed by atoms with E-state index in [1.165, 1.54) is 0 Å². The SMILES string of the molecule is Cc1ccc2c(c1)CN(CCNC(=O)OC(C)(C)C)C2=O. The van der Waals surface area contributed by atoms with Crippen LogP contribution in [0.2, 0.25) is 0 Å². The molecule has 0 atom stereocenters. The molecule has 1 aromatic carbocycles. The highest BCUT2D eigenvalue weighted by Crippen LogP contribution is 2.23. The van der Waals surface area contributed by atoms with E-state index >= 15 is 0 Å². The molecular formula is C16H22N2O3. The number of aryl methyl sites for hydroxylation is 1. The molecular weight excluding hydrogens is 268 g/mol. The summed E-state index contributed by atoms with van der Waals surface area (Å²) >= 11 is 0. The fraction of sp³-hybridized carbons (Fsp3) is 0.500. The second kappa shape index (κ2) is 5.76. The third kappa shape index (κ3) is 3.97. The summed E-state index contributed by atoms with van der Waals surface area (Å²) in [6.07, 6.45) is -0.456. The second-order valence-corrected chi connectivity index (χ2v) is 6.32. The summed E-state index contributed by atoms with van der Waals surface area (Å²) in [6.45, 7) is 8.92. The van der Waals surface area contributed by atoms with E-state index in [2.05, 4.69) is 5.32 Å². The Morgan fingerprint density at radius 2 is 2.10 bits per heavy atom. The Morgan fingerprint density at radius 3 is 2.76 bits per heavy atom. The zero-order chi connectivity index (χ0) is 15.6. The fourth-order valence-electron chi connectivity index (χ4n) is 2.30. The number of hydrogen-bond acceptors (Lipinski definition) is 3. The molecule has 0 spiro atoms. The lowest BCUT2D eigenvalue weighted by Crippen LogP contribution is -2.38. The first-order chi connectivity index (χ1) is 9.76. The van der Waals surface area contributed by atoms with Gasteiger partial charge in [-0.05, 0) is 39.3 Å². The van der Waals surface area contributed by atoms with Gasteiger partial charge in [-0.15, -0.1) is 0 Å². The van der Waals surface area contributed by atoms with Crippen LogP contribution in [0.15, 0.2) is 18.2 Å². The first-order valence-corrected chi connectivity index (χ1v) is 7.12. The van der Waals surface area contributed by atoms with Gasteiger partial charge < -0.3 is 15.0 Å². The third-order valence-corrected chi connectivity index (χ3v) is 3.19. The molecule has 2 rings (SSSR count). The maximum absolute atomic E-state index is 12.2. The van der Waals surface area contributed by atoms with Crippen molar-refractivity contribution in [3.8, 4) is 0 Å². The highest BCUT2D eigenvalue weighted by atomic mass is 16.6. The molecule has 5 nitrogen and oxygen atoms in total. The number of benzene rings is 1. The first kappa shape index (κ1) is 15.4. The van der Waals surface area contributed by atoms with Crippen molar-refractivity contribution in [3.05, 3.63) is 34.9 Å². The normalized spacial score (nSPS) is 14.1. The van der Waals surface area contributed by atoms with Crippen molar-refractivity contribution in [2.45, 2.75) is 39.8 Å². The van der Waals surface area contributed by atoms with E-state index in [1.54, 1.807) is 4.90 Å². The number of nitrogens with zero attached hydrogens (tertiary/aromatic N) is 1. The molecule has 21 heavy (non-hydrogen) atoms. The molecule has 2 amide bonds. The maximum atomic E-state index is 12.2. The van der Waals surface area contributed by atoms with Crippen LogP contribution in [-0.4, -0.2) is 35.6 Å². The smallest absolute Gasteiger partial charge is 0.407 e. The van der Waals surface area contributed by atoms with Crippen LogP contribution in [0.1, 0.15) is 42.3 Å². The summed E-state index contributed by atoms with van der Waals surface area (Å²) in [4.78, 5) is 25.5. The number of alkyl carbamates (subject to hydrolysis) is 1. The van der Waals surface area contributed by atoms with Crippen LogP contribution in [0.25, 0.3) is 0 Å². The van der Waals surface area contributed by atoms with Gasteiger partial charge in [-0.3, -0.25) is 4.79 Å². The summed E-state index contributed by atoms with van der Waals surface area (Å²) in [5.41, 5.74) is 2.45. The zero-order valence-electron chi connectivity index (χ0n) is 13.0. The molecule has 0 radical (unpaired) electrons. The van der Waals surface area contributed by atoms with Gasteiger partial charge in [0.05, 0.1) is 0 Å². The standard InChI is InChI=1S/C16H22N2O3/c1-11-5-6-13-12(9-11)10-18(14(13)19)8-7-17-15(20)21-16(2,3)4/h5-6,9H,7-8,10H2,1-4H3,(H,17,20). The summed E-state index contributed by atoms with van der Waals surface area (Å²) in [6, 6.07) is 5.85. The van der Waals surface area contributed by atoms with Crippen molar-refractivity contribution >= 4 is 12.0 Å². The summed E-state index contributed by atoms with van der Waals surface area (Å²) < 4.78 is 5.15. The van der Waals surface area contributed by atoms with Gasteiger partial charge >= 0.3 is 6.09 Å². The van der Waals surface area contributed by atoms with Crippen LogP contribution in [0.4, 0.5) is 4.79 Å². The lowest BCUT2D eigenvalue weighted by atomic mass is 10.1. The molecule has 0 aromatic heterocycles. The number of amides is 2. The van der Waals surface area contributed by atoms with Gasteiger partial charge in [0.2, 0.25) is 0 Å². The summed E-state index contributed by atoms with van der Waals surface area (Å²) in [7, 11) is 0. The Labute approximate surface area is 125 Å². The minimum atomic E-state index is -0.513. The number of carbonyl (C=O) groups excluding carboxylic acids is 2. The summed E-state index contributed by atoms with van der Waals surface area (Å²) in [5.74, 6) is 0.0241. The van der Waals surface area contributed by atoms with Crippen molar-refractivity contribution in [2.75, 3.05) is 13.1 Å². The molecule has 1 N–H and O–H groups in total. The van der Waals surface area contributed by atoms with E-state index < -0.39 is 11.7 Å². The topological polar surface area (TPSA) is 58.6 Å². The van der Waals surface area contributed by atoms with Crippen molar-refractivity contribution in [3.63, 3.8) is 0 Å². The Hall–Kier alpha value is -2.04. The van der Waals surface area contributed by atoms with Crippen molar-refractivity contribution in [2.24, 2.45) is 0 Å². The molecule has 1 aromatic rings. The zero-order valence-corrected chi connectivity index (χ0v) is 13.0. The summed E-state index contributed by atoms with van der Waals surface area (Å²) in [5, 5.41) is 2.67. The van der Waals surface area contributed by atoms with Gasteiger partial charge in [-0.25, -0.2) is 4.79 Å². The molecule has 0 unspecified atom stereocenters. The lowest BCUT2D eigenvalue weighted by molar-refractivity contribution is 0.0515. The molecule has 5 heteroatoms. The van der Waals surface area contributed by atoms with Gasteiger partial charge in [-0.1, -0.05) is 17.7 Å². The molecule has 1 heterocycles. The van der Waals surface area contributed by atoms with Gasteiger partial charge in [0.25, 0.3) is 5.91 Å². The average Bonchev–Trinajstić information content (AvgIpc) is 2.63. The van der Waals surface area contributed by atoms with Gasteiger partial charge in [0.1, 0.15) is 5.60 Å². The number of carbonyl (C=O) groups is 2. The third-order valence-electron chi connectivity index (χ3n) is 3.19. The highest BCUT2D eigenvalue weighted by molar-refractivity contribution is 5.98. The van der Waals surface area contributed by atoms with Crippen molar-refractivity contribution in [1.29, 1.82) is 0 Å². The van der Waals surface area contributed by atoms with Crippen molar-refractivity contribution in [1.82, 2.24) is 10.2 Å². The molecule has 114 valence electrons. The Bertz CT molecular complexity index is 561. The van der Waals surface area contributed by atoms with Gasteiger partial charge in [-0.2, -0.15) is 0 Å². The minimum Gasteiger partial charge on any atom is -0.444 e. The van der Waals surface area contributed by atoms with Crippen LogP contribution >= 0.6 is 0 Å². The van der Waals surface area contributed by atoms with Crippen LogP contribution in [0, 0.1) is 6.92 Å². The van der Waals surface area contributed by atoms with E-state index in [0.29, 0.717) is 19.6 Å². The van der Waals surface area contributed by atoms with E-state index in [1.807, 2.05) is 45.9 Å². The lowest BCUT2D eigenvalue weighted by Gasteiger charge is -2.21. The Morgan fingerprint density at radius 1 is 1.38 bits per heavy atom. The largest absolute Gasteiger partial charge is 0.444 e.